The number of methoxy groups -OCH3 is 1. The van der Waals surface area contributed by atoms with Gasteiger partial charge in [-0.3, -0.25) is 24.1 Å². The third kappa shape index (κ3) is 3.91. The molecule has 1 fully saturated rings. The SMILES string of the molecule is COC(=O)Cn1c(=NC(=O)c2ccc(N3C(=O)CCC3=O)cc2)sc2cccc(C)c21. The van der Waals surface area contributed by atoms with Crippen LogP contribution in [0.4, 0.5) is 5.69 Å². The van der Waals surface area contributed by atoms with Crippen molar-refractivity contribution in [3.63, 3.8) is 0 Å². The monoisotopic (exact) mass is 437 g/mol. The quantitative estimate of drug-likeness (QED) is 0.462. The number of amides is 3. The molecule has 158 valence electrons. The van der Waals surface area contributed by atoms with Gasteiger partial charge >= 0.3 is 5.97 Å². The number of aryl methyl sites for hydroxylation is 1. The van der Waals surface area contributed by atoms with Crippen LogP contribution in [-0.4, -0.2) is 35.4 Å². The first kappa shape index (κ1) is 20.7. The summed E-state index contributed by atoms with van der Waals surface area (Å²) >= 11 is 1.31. The number of rotatable bonds is 4. The lowest BCUT2D eigenvalue weighted by Gasteiger charge is -2.13. The van der Waals surface area contributed by atoms with Gasteiger partial charge in [0.1, 0.15) is 6.54 Å². The Morgan fingerprint density at radius 2 is 1.74 bits per heavy atom. The number of hydrogen-bond acceptors (Lipinski definition) is 6. The summed E-state index contributed by atoms with van der Waals surface area (Å²) in [4.78, 5) is 54.3. The van der Waals surface area contributed by atoms with Gasteiger partial charge in [0.05, 0.1) is 23.0 Å². The summed E-state index contributed by atoms with van der Waals surface area (Å²) in [5.74, 6) is -1.44. The standard InChI is InChI=1S/C22H19N3O5S/c1-13-4-3-5-16-20(13)24(12-19(28)30-2)22(31-16)23-21(29)14-6-8-15(9-7-14)25-17(26)10-11-18(25)27/h3-9H,10-12H2,1-2H3. The van der Waals surface area contributed by atoms with Gasteiger partial charge < -0.3 is 9.30 Å². The fraction of sp³-hybridized carbons (Fsp3) is 0.227. The van der Waals surface area contributed by atoms with Crippen LogP contribution in [0.25, 0.3) is 10.2 Å². The van der Waals surface area contributed by atoms with Crippen molar-refractivity contribution in [2.75, 3.05) is 12.0 Å². The van der Waals surface area contributed by atoms with E-state index < -0.39 is 11.9 Å². The lowest BCUT2D eigenvalue weighted by Crippen LogP contribution is -2.28. The molecule has 0 unspecified atom stereocenters. The average Bonchev–Trinajstić information content (AvgIpc) is 3.28. The first-order chi connectivity index (χ1) is 14.9. The molecule has 0 N–H and O–H groups in total. The predicted octanol–water partition coefficient (Wildman–Crippen LogP) is 2.58. The molecule has 1 saturated heterocycles. The number of anilines is 1. The van der Waals surface area contributed by atoms with Crippen molar-refractivity contribution in [3.8, 4) is 0 Å². The summed E-state index contributed by atoms with van der Waals surface area (Å²) in [6.45, 7) is 1.86. The Bertz CT molecular complexity index is 1270. The Labute approximate surface area is 181 Å². The van der Waals surface area contributed by atoms with Gasteiger partial charge in [-0.05, 0) is 42.8 Å². The third-order valence-electron chi connectivity index (χ3n) is 5.04. The molecular weight excluding hydrogens is 418 g/mol. The van der Waals surface area contributed by atoms with Crippen LogP contribution < -0.4 is 9.70 Å². The summed E-state index contributed by atoms with van der Waals surface area (Å²) in [5, 5.41) is 0. The Kier molecular flexibility index (Phi) is 5.51. The Hall–Kier alpha value is -3.59. The van der Waals surface area contributed by atoms with Crippen LogP contribution in [-0.2, 0) is 25.7 Å². The van der Waals surface area contributed by atoms with Gasteiger partial charge in [0.25, 0.3) is 5.91 Å². The summed E-state index contributed by atoms with van der Waals surface area (Å²) in [6, 6.07) is 11.9. The van der Waals surface area contributed by atoms with Gasteiger partial charge in [-0.2, -0.15) is 4.99 Å². The highest BCUT2D eigenvalue weighted by Gasteiger charge is 2.30. The maximum atomic E-state index is 12.8. The molecule has 1 aromatic heterocycles. The number of fused-ring (bicyclic) bond motifs is 1. The number of carbonyl (C=O) groups excluding carboxylic acids is 4. The van der Waals surface area contributed by atoms with Gasteiger partial charge in [0.15, 0.2) is 4.80 Å². The van der Waals surface area contributed by atoms with Gasteiger partial charge in [-0.1, -0.05) is 23.5 Å². The molecule has 2 aromatic carbocycles. The van der Waals surface area contributed by atoms with Crippen molar-refractivity contribution in [2.45, 2.75) is 26.3 Å². The third-order valence-corrected chi connectivity index (χ3v) is 6.08. The minimum atomic E-state index is -0.492. The first-order valence-corrected chi connectivity index (χ1v) is 10.4. The summed E-state index contributed by atoms with van der Waals surface area (Å²) in [7, 11) is 1.31. The number of hydrogen-bond donors (Lipinski definition) is 0. The zero-order valence-electron chi connectivity index (χ0n) is 17.0. The summed E-state index contributed by atoms with van der Waals surface area (Å²) < 4.78 is 7.37. The van der Waals surface area contributed by atoms with E-state index in [-0.39, 0.29) is 31.2 Å². The van der Waals surface area contributed by atoms with Crippen LogP contribution in [0.1, 0.15) is 28.8 Å². The molecular formula is C22H19N3O5S. The highest BCUT2D eigenvalue weighted by Crippen LogP contribution is 2.24. The lowest BCUT2D eigenvalue weighted by atomic mass is 10.2. The first-order valence-electron chi connectivity index (χ1n) is 9.59. The second-order valence-corrected chi connectivity index (χ2v) is 8.06. The van der Waals surface area contributed by atoms with Crippen molar-refractivity contribution in [1.29, 1.82) is 0 Å². The number of imide groups is 1. The normalized spacial score (nSPS) is 14.5. The maximum absolute atomic E-state index is 12.8. The molecule has 8 nitrogen and oxygen atoms in total. The molecule has 9 heteroatoms. The van der Waals surface area contributed by atoms with Crippen LogP contribution in [0.2, 0.25) is 0 Å². The van der Waals surface area contributed by atoms with Crippen molar-refractivity contribution < 1.29 is 23.9 Å². The molecule has 1 aliphatic rings. The van der Waals surface area contributed by atoms with Gasteiger partial charge in [0.2, 0.25) is 11.8 Å². The number of ether oxygens (including phenoxy) is 1. The van der Waals surface area contributed by atoms with E-state index in [1.165, 1.54) is 30.6 Å². The number of nitrogens with zero attached hydrogens (tertiary/aromatic N) is 3. The average molecular weight is 437 g/mol. The molecule has 3 amide bonds. The maximum Gasteiger partial charge on any atom is 0.325 e. The van der Waals surface area contributed by atoms with E-state index in [1.54, 1.807) is 16.7 Å². The highest BCUT2D eigenvalue weighted by atomic mass is 32.1. The van der Waals surface area contributed by atoms with Crippen molar-refractivity contribution >= 4 is 50.9 Å². The molecule has 0 aliphatic carbocycles. The summed E-state index contributed by atoms with van der Waals surface area (Å²) in [5.41, 5.74) is 2.52. The number of carbonyl (C=O) groups is 4. The van der Waals surface area contributed by atoms with Gasteiger partial charge in [-0.25, -0.2) is 0 Å². The number of thiazole rings is 1. The number of aromatic nitrogens is 1. The minimum Gasteiger partial charge on any atom is -0.468 e. The van der Waals surface area contributed by atoms with Crippen LogP contribution in [0.5, 0.6) is 0 Å². The predicted molar refractivity (Wildman–Crippen MR) is 115 cm³/mol. The Morgan fingerprint density at radius 1 is 1.06 bits per heavy atom. The van der Waals surface area contributed by atoms with Crippen LogP contribution in [0.3, 0.4) is 0 Å². The highest BCUT2D eigenvalue weighted by molar-refractivity contribution is 7.16. The fourth-order valence-corrected chi connectivity index (χ4v) is 4.61. The number of benzene rings is 2. The molecule has 3 aromatic rings. The van der Waals surface area contributed by atoms with Gasteiger partial charge in [0, 0.05) is 18.4 Å². The zero-order chi connectivity index (χ0) is 22.1. The molecule has 1 aliphatic heterocycles. The molecule has 0 saturated carbocycles. The smallest absolute Gasteiger partial charge is 0.325 e. The minimum absolute atomic E-state index is 0.0639. The van der Waals surface area contributed by atoms with E-state index in [1.807, 2.05) is 25.1 Å². The molecule has 4 rings (SSSR count). The van der Waals surface area contributed by atoms with E-state index in [4.69, 9.17) is 4.74 Å². The molecule has 0 radical (unpaired) electrons. The summed E-state index contributed by atoms with van der Waals surface area (Å²) in [6.07, 6.45) is 0.390. The number of esters is 1. The van der Waals surface area contributed by atoms with E-state index in [0.29, 0.717) is 16.1 Å². The fourth-order valence-electron chi connectivity index (χ4n) is 3.50. The Balaban J connectivity index is 1.71. The topological polar surface area (TPSA) is 98.0 Å². The molecule has 0 atom stereocenters. The molecule has 31 heavy (non-hydrogen) atoms. The second-order valence-electron chi connectivity index (χ2n) is 7.06. The molecule has 0 spiro atoms. The molecule has 0 bridgehead atoms. The van der Waals surface area contributed by atoms with E-state index in [2.05, 4.69) is 4.99 Å². The van der Waals surface area contributed by atoms with Crippen molar-refractivity contribution in [3.05, 3.63) is 58.4 Å². The van der Waals surface area contributed by atoms with E-state index >= 15 is 0 Å². The van der Waals surface area contributed by atoms with Crippen LogP contribution >= 0.6 is 11.3 Å². The van der Waals surface area contributed by atoms with Crippen molar-refractivity contribution in [1.82, 2.24) is 4.57 Å². The van der Waals surface area contributed by atoms with Gasteiger partial charge in [-0.15, -0.1) is 0 Å². The Morgan fingerprint density at radius 3 is 2.39 bits per heavy atom. The zero-order valence-corrected chi connectivity index (χ0v) is 17.8. The van der Waals surface area contributed by atoms with E-state index in [9.17, 15) is 19.2 Å². The number of para-hydroxylation sites is 1. The van der Waals surface area contributed by atoms with Crippen molar-refractivity contribution in [2.24, 2.45) is 4.99 Å². The molecule has 2 heterocycles. The van der Waals surface area contributed by atoms with Crippen LogP contribution in [0, 0.1) is 6.92 Å². The van der Waals surface area contributed by atoms with E-state index in [0.717, 1.165) is 20.7 Å². The largest absolute Gasteiger partial charge is 0.468 e. The second kappa shape index (κ2) is 8.27. The van der Waals surface area contributed by atoms with Crippen LogP contribution in [0.15, 0.2) is 47.5 Å². The lowest BCUT2D eigenvalue weighted by molar-refractivity contribution is -0.141.